The number of nitrogens with one attached hydrogen (secondary N) is 1. The summed E-state index contributed by atoms with van der Waals surface area (Å²) >= 11 is 5.69. The van der Waals surface area contributed by atoms with E-state index in [0.717, 1.165) is 19.0 Å². The Morgan fingerprint density at radius 3 is 3.00 bits per heavy atom. The van der Waals surface area contributed by atoms with Gasteiger partial charge in [0, 0.05) is 12.6 Å². The van der Waals surface area contributed by atoms with E-state index in [2.05, 4.69) is 15.3 Å². The van der Waals surface area contributed by atoms with Crippen LogP contribution < -0.4 is 5.32 Å². The molecule has 1 unspecified atom stereocenters. The summed E-state index contributed by atoms with van der Waals surface area (Å²) in [6.07, 6.45) is 2.62. The van der Waals surface area contributed by atoms with Crippen LogP contribution >= 0.6 is 11.6 Å². The fourth-order valence-electron chi connectivity index (χ4n) is 2.14. The highest BCUT2D eigenvalue weighted by Gasteiger charge is 2.30. The molecule has 0 aromatic carbocycles. The van der Waals surface area contributed by atoms with E-state index < -0.39 is 4.92 Å². The standard InChI is InChI=1S/C11H15ClN4O3/c1-11(2)5-7(3-4-19-11)14-9-8(16(17)18)6-13-10(12)15-9/h6-7H,3-5H2,1-2H3,(H,13,14,15). The highest BCUT2D eigenvalue weighted by atomic mass is 35.5. The van der Waals surface area contributed by atoms with Gasteiger partial charge in [-0.3, -0.25) is 10.1 Å². The first-order valence-corrected chi connectivity index (χ1v) is 6.32. The van der Waals surface area contributed by atoms with Crippen LogP contribution in [0.25, 0.3) is 0 Å². The van der Waals surface area contributed by atoms with Crippen molar-refractivity contribution in [3.8, 4) is 0 Å². The van der Waals surface area contributed by atoms with Gasteiger partial charge in [-0.2, -0.15) is 4.98 Å². The molecule has 1 atom stereocenters. The lowest BCUT2D eigenvalue weighted by molar-refractivity contribution is -0.384. The predicted octanol–water partition coefficient (Wildman–Crippen LogP) is 2.41. The molecule has 1 aromatic heterocycles. The molecule has 1 aliphatic heterocycles. The van der Waals surface area contributed by atoms with Crippen LogP contribution in [0.5, 0.6) is 0 Å². The van der Waals surface area contributed by atoms with Crippen LogP contribution in [0, 0.1) is 10.1 Å². The summed E-state index contributed by atoms with van der Waals surface area (Å²) in [7, 11) is 0. The number of anilines is 1. The van der Waals surface area contributed by atoms with Crippen molar-refractivity contribution < 1.29 is 9.66 Å². The monoisotopic (exact) mass is 286 g/mol. The zero-order valence-corrected chi connectivity index (χ0v) is 11.5. The average Bonchev–Trinajstić information content (AvgIpc) is 2.27. The van der Waals surface area contributed by atoms with Crippen LogP contribution in [0.2, 0.25) is 5.28 Å². The van der Waals surface area contributed by atoms with Gasteiger partial charge in [-0.25, -0.2) is 4.98 Å². The van der Waals surface area contributed by atoms with E-state index in [-0.39, 0.29) is 28.4 Å². The molecule has 1 N–H and O–H groups in total. The van der Waals surface area contributed by atoms with E-state index in [1.165, 1.54) is 0 Å². The fraction of sp³-hybridized carbons (Fsp3) is 0.636. The van der Waals surface area contributed by atoms with Gasteiger partial charge in [0.25, 0.3) is 0 Å². The Labute approximate surface area is 115 Å². The lowest BCUT2D eigenvalue weighted by Gasteiger charge is -2.35. The molecule has 1 aliphatic rings. The lowest BCUT2D eigenvalue weighted by Crippen LogP contribution is -2.40. The molecule has 1 saturated heterocycles. The van der Waals surface area contributed by atoms with Crippen LogP contribution in [0.1, 0.15) is 26.7 Å². The molecule has 2 heterocycles. The summed E-state index contributed by atoms with van der Waals surface area (Å²) in [4.78, 5) is 17.9. The maximum atomic E-state index is 10.9. The molecule has 0 saturated carbocycles. The number of nitrogens with zero attached hydrogens (tertiary/aromatic N) is 3. The summed E-state index contributed by atoms with van der Waals surface area (Å²) in [5, 5.41) is 14.0. The minimum absolute atomic E-state index is 0.0144. The molecule has 0 spiro atoms. The maximum Gasteiger partial charge on any atom is 0.329 e. The Balaban J connectivity index is 2.18. The topological polar surface area (TPSA) is 90.2 Å². The minimum Gasteiger partial charge on any atom is -0.375 e. The molecule has 2 rings (SSSR count). The number of rotatable bonds is 3. The molecule has 0 radical (unpaired) electrons. The van der Waals surface area contributed by atoms with Gasteiger partial charge in [-0.15, -0.1) is 0 Å². The van der Waals surface area contributed by atoms with Crippen LogP contribution in [-0.2, 0) is 4.74 Å². The summed E-state index contributed by atoms with van der Waals surface area (Å²) in [6.45, 7) is 4.59. The number of aromatic nitrogens is 2. The van der Waals surface area contributed by atoms with E-state index in [1.54, 1.807) is 0 Å². The van der Waals surface area contributed by atoms with Crippen LogP contribution in [0.3, 0.4) is 0 Å². The third-order valence-corrected chi connectivity index (χ3v) is 3.16. The van der Waals surface area contributed by atoms with Crippen molar-refractivity contribution in [3.63, 3.8) is 0 Å². The Bertz CT molecular complexity index is 495. The number of ether oxygens (including phenoxy) is 1. The van der Waals surface area contributed by atoms with Gasteiger partial charge in [0.1, 0.15) is 6.20 Å². The zero-order chi connectivity index (χ0) is 14.0. The first-order chi connectivity index (χ1) is 8.87. The van der Waals surface area contributed by atoms with E-state index in [0.29, 0.717) is 6.61 Å². The van der Waals surface area contributed by atoms with Crippen LogP contribution in [-0.4, -0.2) is 33.1 Å². The second kappa shape index (κ2) is 5.26. The first-order valence-electron chi connectivity index (χ1n) is 5.95. The molecule has 0 aliphatic carbocycles. The zero-order valence-electron chi connectivity index (χ0n) is 10.7. The van der Waals surface area contributed by atoms with Gasteiger partial charge >= 0.3 is 5.69 Å². The number of hydrogen-bond acceptors (Lipinski definition) is 6. The van der Waals surface area contributed by atoms with Crippen LogP contribution in [0.4, 0.5) is 11.5 Å². The molecule has 1 aromatic rings. The second-order valence-electron chi connectivity index (χ2n) is 5.07. The summed E-state index contributed by atoms with van der Waals surface area (Å²) in [6, 6.07) is 0.0633. The molecular weight excluding hydrogens is 272 g/mol. The van der Waals surface area contributed by atoms with Gasteiger partial charge in [0.05, 0.1) is 10.5 Å². The molecule has 104 valence electrons. The van der Waals surface area contributed by atoms with Crippen molar-refractivity contribution in [2.24, 2.45) is 0 Å². The molecule has 19 heavy (non-hydrogen) atoms. The van der Waals surface area contributed by atoms with E-state index in [4.69, 9.17) is 16.3 Å². The third kappa shape index (κ3) is 3.51. The Hall–Kier alpha value is -1.47. The minimum atomic E-state index is -0.525. The molecule has 8 heteroatoms. The van der Waals surface area contributed by atoms with Crippen molar-refractivity contribution in [2.45, 2.75) is 38.3 Å². The molecule has 0 amide bonds. The van der Waals surface area contributed by atoms with E-state index >= 15 is 0 Å². The summed E-state index contributed by atoms with van der Waals surface area (Å²) in [5.41, 5.74) is -0.421. The largest absolute Gasteiger partial charge is 0.375 e. The maximum absolute atomic E-state index is 10.9. The molecule has 1 fully saturated rings. The van der Waals surface area contributed by atoms with Crippen molar-refractivity contribution >= 4 is 23.1 Å². The quantitative estimate of drug-likeness (QED) is 0.521. The fourth-order valence-corrected chi connectivity index (χ4v) is 2.28. The normalized spacial score (nSPS) is 21.9. The molecule has 7 nitrogen and oxygen atoms in total. The lowest BCUT2D eigenvalue weighted by atomic mass is 9.94. The average molecular weight is 287 g/mol. The number of nitro groups is 1. The highest BCUT2D eigenvalue weighted by molar-refractivity contribution is 6.28. The van der Waals surface area contributed by atoms with E-state index in [1.807, 2.05) is 13.8 Å². The first kappa shape index (κ1) is 14.0. The van der Waals surface area contributed by atoms with Gasteiger partial charge < -0.3 is 10.1 Å². The third-order valence-electron chi connectivity index (χ3n) is 2.97. The Kier molecular flexibility index (Phi) is 3.86. The molecule has 0 bridgehead atoms. The van der Waals surface area contributed by atoms with Gasteiger partial charge in [0.15, 0.2) is 0 Å². The van der Waals surface area contributed by atoms with Crippen molar-refractivity contribution in [2.75, 3.05) is 11.9 Å². The predicted molar refractivity (Wildman–Crippen MR) is 70.4 cm³/mol. The van der Waals surface area contributed by atoms with Crippen molar-refractivity contribution in [1.29, 1.82) is 0 Å². The molecular formula is C11H15ClN4O3. The van der Waals surface area contributed by atoms with Crippen molar-refractivity contribution in [1.82, 2.24) is 9.97 Å². The van der Waals surface area contributed by atoms with Gasteiger partial charge in [0.2, 0.25) is 11.1 Å². The van der Waals surface area contributed by atoms with E-state index in [9.17, 15) is 10.1 Å². The highest BCUT2D eigenvalue weighted by Crippen LogP contribution is 2.29. The second-order valence-corrected chi connectivity index (χ2v) is 5.41. The smallest absolute Gasteiger partial charge is 0.329 e. The Morgan fingerprint density at radius 1 is 1.63 bits per heavy atom. The SMILES string of the molecule is CC1(C)CC(Nc2nc(Cl)ncc2[N+](=O)[O-])CCO1. The van der Waals surface area contributed by atoms with Gasteiger partial charge in [-0.05, 0) is 38.3 Å². The number of hydrogen-bond donors (Lipinski definition) is 1. The van der Waals surface area contributed by atoms with Gasteiger partial charge in [-0.1, -0.05) is 0 Å². The van der Waals surface area contributed by atoms with Crippen molar-refractivity contribution in [3.05, 3.63) is 21.6 Å². The number of halogens is 1. The van der Waals surface area contributed by atoms with Crippen LogP contribution in [0.15, 0.2) is 6.20 Å². The summed E-state index contributed by atoms with van der Waals surface area (Å²) in [5.74, 6) is 0.160. The Morgan fingerprint density at radius 2 is 2.37 bits per heavy atom. The summed E-state index contributed by atoms with van der Waals surface area (Å²) < 4.78 is 5.60.